The highest BCUT2D eigenvalue weighted by Crippen LogP contribution is 2.14. The van der Waals surface area contributed by atoms with Gasteiger partial charge in [-0.1, -0.05) is 19.1 Å². The van der Waals surface area contributed by atoms with Crippen LogP contribution in [0.2, 0.25) is 0 Å². The Morgan fingerprint density at radius 2 is 2.00 bits per heavy atom. The smallest absolute Gasteiger partial charge is 0.123 e. The first kappa shape index (κ1) is 12.7. The molecule has 2 atom stereocenters. The number of nitrogens with one attached hydrogen (secondary N) is 1. The zero-order valence-electron chi connectivity index (χ0n) is 9.70. The molecule has 0 fully saturated rings. The van der Waals surface area contributed by atoms with E-state index < -0.39 is 0 Å². The van der Waals surface area contributed by atoms with Crippen LogP contribution in [-0.4, -0.2) is 6.04 Å². The van der Waals surface area contributed by atoms with Crippen molar-refractivity contribution in [2.45, 2.75) is 38.8 Å². The van der Waals surface area contributed by atoms with Gasteiger partial charge in [-0.25, -0.2) is 4.39 Å². The van der Waals surface area contributed by atoms with Crippen molar-refractivity contribution in [1.82, 2.24) is 5.32 Å². The molecule has 1 N–H and O–H groups in total. The number of rotatable bonds is 5. The fraction of sp³-hybridized carbons (Fsp3) is 0.462. The number of halogens is 1. The summed E-state index contributed by atoms with van der Waals surface area (Å²) in [5, 5.41) is 12.0. The van der Waals surface area contributed by atoms with Crippen molar-refractivity contribution in [3.63, 3.8) is 0 Å². The van der Waals surface area contributed by atoms with E-state index in [9.17, 15) is 4.39 Å². The minimum atomic E-state index is -0.222. The molecule has 16 heavy (non-hydrogen) atoms. The lowest BCUT2D eigenvalue weighted by Gasteiger charge is -2.20. The molecule has 1 unspecified atom stereocenters. The van der Waals surface area contributed by atoms with E-state index in [1.165, 1.54) is 12.1 Å². The molecule has 0 bridgehead atoms. The summed E-state index contributed by atoms with van der Waals surface area (Å²) in [5.41, 5.74) is 1.04. The number of benzene rings is 1. The number of nitriles is 1. The van der Waals surface area contributed by atoms with Crippen LogP contribution in [0, 0.1) is 17.1 Å². The third-order valence-corrected chi connectivity index (χ3v) is 2.69. The summed E-state index contributed by atoms with van der Waals surface area (Å²) in [5.74, 6) is -0.222. The molecule has 1 rings (SSSR count). The average molecular weight is 220 g/mol. The van der Waals surface area contributed by atoms with Crippen molar-refractivity contribution in [1.29, 1.82) is 5.26 Å². The third kappa shape index (κ3) is 3.63. The molecule has 0 saturated heterocycles. The second-order valence-electron chi connectivity index (χ2n) is 3.91. The zero-order valence-corrected chi connectivity index (χ0v) is 9.70. The maximum Gasteiger partial charge on any atom is 0.123 e. The maximum atomic E-state index is 12.7. The van der Waals surface area contributed by atoms with Crippen LogP contribution in [0.15, 0.2) is 24.3 Å². The van der Waals surface area contributed by atoms with Crippen molar-refractivity contribution in [3.8, 4) is 6.07 Å². The van der Waals surface area contributed by atoms with Crippen LogP contribution >= 0.6 is 0 Å². The van der Waals surface area contributed by atoms with Gasteiger partial charge in [0.05, 0.1) is 12.5 Å². The summed E-state index contributed by atoms with van der Waals surface area (Å²) >= 11 is 0. The standard InChI is InChI=1S/C13H17FN2/c1-3-13(8-9-15)16-10(2)11-4-6-12(14)7-5-11/h4-7,10,13,16H,3,8H2,1-2H3/t10-,13?/m1/s1. The van der Waals surface area contributed by atoms with Crippen molar-refractivity contribution in [2.24, 2.45) is 0 Å². The minimum absolute atomic E-state index is 0.138. The molecule has 0 saturated carbocycles. The largest absolute Gasteiger partial charge is 0.306 e. The molecule has 3 heteroatoms. The van der Waals surface area contributed by atoms with Gasteiger partial charge in [0.2, 0.25) is 0 Å². The first-order valence-corrected chi connectivity index (χ1v) is 5.55. The summed E-state index contributed by atoms with van der Waals surface area (Å²) in [6.07, 6.45) is 1.42. The highest BCUT2D eigenvalue weighted by atomic mass is 19.1. The van der Waals surface area contributed by atoms with E-state index in [1.807, 2.05) is 13.8 Å². The summed E-state index contributed by atoms with van der Waals surface area (Å²) in [4.78, 5) is 0. The van der Waals surface area contributed by atoms with E-state index in [0.717, 1.165) is 12.0 Å². The van der Waals surface area contributed by atoms with Gasteiger partial charge in [0, 0.05) is 12.1 Å². The van der Waals surface area contributed by atoms with Gasteiger partial charge in [-0.05, 0) is 31.0 Å². The molecule has 0 aromatic heterocycles. The van der Waals surface area contributed by atoms with Crippen LogP contribution in [0.5, 0.6) is 0 Å². The van der Waals surface area contributed by atoms with Gasteiger partial charge in [0.1, 0.15) is 5.82 Å². The predicted molar refractivity (Wildman–Crippen MR) is 62.3 cm³/mol. The van der Waals surface area contributed by atoms with Crippen LogP contribution in [-0.2, 0) is 0 Å². The molecule has 0 amide bonds. The van der Waals surface area contributed by atoms with E-state index in [1.54, 1.807) is 12.1 Å². The third-order valence-electron chi connectivity index (χ3n) is 2.69. The maximum absolute atomic E-state index is 12.7. The molecule has 0 spiro atoms. The Hall–Kier alpha value is -1.40. The first-order valence-electron chi connectivity index (χ1n) is 5.55. The first-order chi connectivity index (χ1) is 7.67. The minimum Gasteiger partial charge on any atom is -0.306 e. The molecule has 0 aliphatic rings. The van der Waals surface area contributed by atoms with Crippen LogP contribution in [0.1, 0.15) is 38.3 Å². The highest BCUT2D eigenvalue weighted by Gasteiger charge is 2.11. The molecular weight excluding hydrogens is 203 g/mol. The lowest BCUT2D eigenvalue weighted by atomic mass is 10.1. The molecule has 0 aliphatic carbocycles. The second-order valence-corrected chi connectivity index (χ2v) is 3.91. The van der Waals surface area contributed by atoms with Gasteiger partial charge in [-0.15, -0.1) is 0 Å². The van der Waals surface area contributed by atoms with Crippen LogP contribution in [0.4, 0.5) is 4.39 Å². The molecule has 0 aliphatic heterocycles. The average Bonchev–Trinajstić information content (AvgIpc) is 2.29. The van der Waals surface area contributed by atoms with Crippen molar-refractivity contribution in [2.75, 3.05) is 0 Å². The van der Waals surface area contributed by atoms with Gasteiger partial charge < -0.3 is 5.32 Å². The molecule has 1 aromatic rings. The Balaban J connectivity index is 2.60. The van der Waals surface area contributed by atoms with Crippen molar-refractivity contribution >= 4 is 0 Å². The Kier molecular flexibility index (Phi) is 4.94. The number of nitrogens with zero attached hydrogens (tertiary/aromatic N) is 1. The number of hydrogen-bond donors (Lipinski definition) is 1. The lowest BCUT2D eigenvalue weighted by molar-refractivity contribution is 0.447. The lowest BCUT2D eigenvalue weighted by Crippen LogP contribution is -2.30. The molecule has 2 nitrogen and oxygen atoms in total. The van der Waals surface area contributed by atoms with Gasteiger partial charge in [0.25, 0.3) is 0 Å². The van der Waals surface area contributed by atoms with E-state index in [4.69, 9.17) is 5.26 Å². The Bertz CT molecular complexity index is 353. The van der Waals surface area contributed by atoms with E-state index in [-0.39, 0.29) is 17.9 Å². The fourth-order valence-electron chi connectivity index (χ4n) is 1.63. The SMILES string of the molecule is CCC(CC#N)N[C@H](C)c1ccc(F)cc1. The summed E-state index contributed by atoms with van der Waals surface area (Å²) in [7, 11) is 0. The Morgan fingerprint density at radius 1 is 1.38 bits per heavy atom. The van der Waals surface area contributed by atoms with Gasteiger partial charge in [-0.3, -0.25) is 0 Å². The molecule has 1 aromatic carbocycles. The van der Waals surface area contributed by atoms with Crippen LogP contribution in [0.25, 0.3) is 0 Å². The zero-order chi connectivity index (χ0) is 12.0. The van der Waals surface area contributed by atoms with Gasteiger partial charge in [-0.2, -0.15) is 5.26 Å². The topological polar surface area (TPSA) is 35.8 Å². The normalized spacial score (nSPS) is 14.1. The molecule has 86 valence electrons. The monoisotopic (exact) mass is 220 g/mol. The van der Waals surface area contributed by atoms with Crippen LogP contribution in [0.3, 0.4) is 0 Å². The highest BCUT2D eigenvalue weighted by molar-refractivity contribution is 5.19. The molecular formula is C13H17FN2. The van der Waals surface area contributed by atoms with E-state index >= 15 is 0 Å². The van der Waals surface area contributed by atoms with Gasteiger partial charge in [0.15, 0.2) is 0 Å². The summed E-state index contributed by atoms with van der Waals surface area (Å²) in [6.45, 7) is 4.07. The quantitative estimate of drug-likeness (QED) is 0.827. The van der Waals surface area contributed by atoms with E-state index in [2.05, 4.69) is 11.4 Å². The molecule has 0 heterocycles. The fourth-order valence-corrected chi connectivity index (χ4v) is 1.63. The predicted octanol–water partition coefficient (Wildman–Crippen LogP) is 3.17. The second kappa shape index (κ2) is 6.24. The van der Waals surface area contributed by atoms with E-state index in [0.29, 0.717) is 6.42 Å². The van der Waals surface area contributed by atoms with Crippen molar-refractivity contribution in [3.05, 3.63) is 35.6 Å². The number of hydrogen-bond acceptors (Lipinski definition) is 2. The van der Waals surface area contributed by atoms with Crippen LogP contribution < -0.4 is 5.32 Å². The Labute approximate surface area is 96.1 Å². The van der Waals surface area contributed by atoms with Crippen molar-refractivity contribution < 1.29 is 4.39 Å². The Morgan fingerprint density at radius 3 is 2.50 bits per heavy atom. The summed E-state index contributed by atoms with van der Waals surface area (Å²) < 4.78 is 12.7. The summed E-state index contributed by atoms with van der Waals surface area (Å²) in [6, 6.07) is 8.95. The van der Waals surface area contributed by atoms with Gasteiger partial charge >= 0.3 is 0 Å². The molecule has 0 radical (unpaired) electrons.